The Morgan fingerprint density at radius 3 is 2.22 bits per heavy atom. The van der Waals surface area contributed by atoms with Gasteiger partial charge in [0, 0.05) is 12.7 Å². The first kappa shape index (κ1) is 25.6. The summed E-state index contributed by atoms with van der Waals surface area (Å²) in [5, 5.41) is 15.7. The molecule has 0 spiro atoms. The normalized spacial score (nSPS) is 13.1. The number of aromatic nitrogens is 3. The lowest BCUT2D eigenvalue weighted by Gasteiger charge is -2.20. The molecule has 9 nitrogen and oxygen atoms in total. The van der Waals surface area contributed by atoms with E-state index in [2.05, 4.69) is 15.4 Å². The molecule has 0 aliphatic carbocycles. The van der Waals surface area contributed by atoms with Crippen molar-refractivity contribution in [3.8, 4) is 11.9 Å². The van der Waals surface area contributed by atoms with Crippen molar-refractivity contribution in [3.63, 3.8) is 0 Å². The Morgan fingerprint density at radius 2 is 1.78 bits per heavy atom. The van der Waals surface area contributed by atoms with Crippen LogP contribution in [-0.2, 0) is 21.0 Å². The number of hydrogen-bond acceptors (Lipinski definition) is 7. The summed E-state index contributed by atoms with van der Waals surface area (Å²) in [6, 6.07) is 3.87. The zero-order chi connectivity index (χ0) is 24.5. The molecule has 0 amide bonds. The number of nitrogens with one attached hydrogen (secondary N) is 2. The van der Waals surface area contributed by atoms with Crippen LogP contribution in [0.2, 0.25) is 0 Å². The molecule has 2 aromatic heterocycles. The third-order valence-electron chi connectivity index (χ3n) is 3.76. The van der Waals surface area contributed by atoms with Gasteiger partial charge in [-0.25, -0.2) is 13.4 Å². The molecule has 13 heteroatoms. The topological polar surface area (TPSA) is 122 Å². The van der Waals surface area contributed by atoms with Crippen LogP contribution in [0, 0.1) is 16.7 Å². The molecule has 2 heterocycles. The quantitative estimate of drug-likeness (QED) is 0.613. The molecule has 0 unspecified atom stereocenters. The lowest BCUT2D eigenvalue weighted by atomic mass is 9.97. The molecule has 0 aromatic carbocycles. The van der Waals surface area contributed by atoms with Crippen LogP contribution in [0.15, 0.2) is 23.2 Å². The molecule has 2 N–H and O–H groups in total. The fourth-order valence-electron chi connectivity index (χ4n) is 2.29. The second kappa shape index (κ2) is 8.68. The Hall–Kier alpha value is -2.69. The lowest BCUT2D eigenvalue weighted by Crippen LogP contribution is -2.33. The van der Waals surface area contributed by atoms with Crippen LogP contribution < -0.4 is 10.2 Å². The number of nitrogens with zero attached hydrogens (tertiary/aromatic N) is 4. The standard InChI is InChI=1S/C19H25F3N6O3S/c1-17(2,3)11-25-16-13(9-23)15(19(20,21)22)26-28(16)14-8-7-12(10-24-14)32(29,30)27-31-18(4,5)6/h7-8,10,25,27H,11H2,1-6H3. The van der Waals surface area contributed by atoms with Crippen LogP contribution in [0.5, 0.6) is 0 Å². The molecule has 0 fully saturated rings. The van der Waals surface area contributed by atoms with Gasteiger partial charge >= 0.3 is 6.18 Å². The highest BCUT2D eigenvalue weighted by atomic mass is 32.2. The molecule has 176 valence electrons. The molecule has 0 bridgehead atoms. The minimum atomic E-state index is -4.87. The van der Waals surface area contributed by atoms with Crippen LogP contribution in [0.1, 0.15) is 52.8 Å². The van der Waals surface area contributed by atoms with Crippen molar-refractivity contribution in [2.75, 3.05) is 11.9 Å². The Labute approximate surface area is 184 Å². The van der Waals surface area contributed by atoms with Gasteiger partial charge < -0.3 is 5.32 Å². The highest BCUT2D eigenvalue weighted by Crippen LogP contribution is 2.35. The summed E-state index contributed by atoms with van der Waals surface area (Å²) in [4.78, 5) is 10.7. The first-order valence-electron chi connectivity index (χ1n) is 9.45. The first-order valence-corrected chi connectivity index (χ1v) is 10.9. The van der Waals surface area contributed by atoms with Crippen molar-refractivity contribution in [1.29, 1.82) is 5.26 Å². The van der Waals surface area contributed by atoms with Crippen molar-refractivity contribution in [3.05, 3.63) is 29.6 Å². The van der Waals surface area contributed by atoms with E-state index in [0.717, 1.165) is 16.9 Å². The van der Waals surface area contributed by atoms with Crippen molar-refractivity contribution in [2.24, 2.45) is 5.41 Å². The molecule has 2 aromatic rings. The van der Waals surface area contributed by atoms with Crippen molar-refractivity contribution in [2.45, 2.75) is 58.2 Å². The van der Waals surface area contributed by atoms with Crippen LogP contribution in [0.25, 0.3) is 5.82 Å². The zero-order valence-corrected chi connectivity index (χ0v) is 19.3. The fourth-order valence-corrected chi connectivity index (χ4v) is 3.18. The molecule has 32 heavy (non-hydrogen) atoms. The Kier molecular flexibility index (Phi) is 6.94. The summed E-state index contributed by atoms with van der Waals surface area (Å²) in [5.74, 6) is -0.295. The van der Waals surface area contributed by atoms with E-state index in [-0.39, 0.29) is 28.5 Å². The second-order valence-corrected chi connectivity index (χ2v) is 10.8. The van der Waals surface area contributed by atoms with E-state index >= 15 is 0 Å². The summed E-state index contributed by atoms with van der Waals surface area (Å²) in [7, 11) is -4.08. The Bertz CT molecular complexity index is 1110. The highest BCUT2D eigenvalue weighted by molar-refractivity contribution is 7.89. The third-order valence-corrected chi connectivity index (χ3v) is 4.92. The monoisotopic (exact) mass is 474 g/mol. The molecular weight excluding hydrogens is 449 g/mol. The minimum absolute atomic E-state index is 0.107. The highest BCUT2D eigenvalue weighted by Gasteiger charge is 2.40. The number of sulfonamides is 1. The van der Waals surface area contributed by atoms with Crippen molar-refractivity contribution in [1.82, 2.24) is 19.6 Å². The summed E-state index contributed by atoms with van der Waals surface area (Å²) in [6.07, 6.45) is -3.91. The maximum atomic E-state index is 13.4. The predicted octanol–water partition coefficient (Wildman–Crippen LogP) is 3.62. The van der Waals surface area contributed by atoms with Crippen LogP contribution in [0.3, 0.4) is 0 Å². The van der Waals surface area contributed by atoms with Crippen molar-refractivity contribution < 1.29 is 26.4 Å². The molecule has 0 aliphatic heterocycles. The average Bonchev–Trinajstić information content (AvgIpc) is 3.03. The molecule has 0 saturated carbocycles. The van der Waals surface area contributed by atoms with Crippen LogP contribution in [-0.4, -0.2) is 35.3 Å². The molecule has 0 radical (unpaired) electrons. The van der Waals surface area contributed by atoms with Gasteiger partial charge in [0.2, 0.25) is 0 Å². The fraction of sp³-hybridized carbons (Fsp3) is 0.526. The van der Waals surface area contributed by atoms with Gasteiger partial charge in [0.1, 0.15) is 22.3 Å². The van der Waals surface area contributed by atoms with Crippen molar-refractivity contribution >= 4 is 15.8 Å². The van der Waals surface area contributed by atoms with Crippen LogP contribution in [0.4, 0.5) is 19.0 Å². The molecule has 0 saturated heterocycles. The Morgan fingerprint density at radius 1 is 1.16 bits per heavy atom. The summed E-state index contributed by atoms with van der Waals surface area (Å²) >= 11 is 0. The average molecular weight is 475 g/mol. The van der Waals surface area contributed by atoms with Gasteiger partial charge in [-0.1, -0.05) is 25.7 Å². The van der Waals surface area contributed by atoms with Gasteiger partial charge in [-0.2, -0.15) is 28.2 Å². The van der Waals surface area contributed by atoms with Gasteiger partial charge in [0.05, 0.1) is 5.60 Å². The SMILES string of the molecule is CC(C)(C)CNc1c(C#N)c(C(F)(F)F)nn1-c1ccc(S(=O)(=O)NOC(C)(C)C)cn1. The maximum absolute atomic E-state index is 13.4. The molecule has 0 atom stereocenters. The number of nitriles is 1. The van der Waals surface area contributed by atoms with Gasteiger partial charge in [-0.05, 0) is 38.3 Å². The second-order valence-electron chi connectivity index (χ2n) is 9.16. The van der Waals surface area contributed by atoms with E-state index in [1.807, 2.05) is 25.7 Å². The van der Waals surface area contributed by atoms with Gasteiger partial charge in [0.15, 0.2) is 11.5 Å². The van der Waals surface area contributed by atoms with E-state index in [0.29, 0.717) is 0 Å². The van der Waals surface area contributed by atoms with E-state index < -0.39 is 33.1 Å². The van der Waals surface area contributed by atoms with Gasteiger partial charge in [-0.15, -0.1) is 0 Å². The smallest absolute Gasteiger partial charge is 0.368 e. The van der Waals surface area contributed by atoms with E-state index in [1.165, 1.54) is 6.07 Å². The van der Waals surface area contributed by atoms with E-state index in [1.54, 1.807) is 26.8 Å². The van der Waals surface area contributed by atoms with Crippen LogP contribution >= 0.6 is 0 Å². The van der Waals surface area contributed by atoms with E-state index in [9.17, 15) is 26.9 Å². The molecular formula is C19H25F3N6O3S. The minimum Gasteiger partial charge on any atom is -0.368 e. The summed E-state index contributed by atoms with van der Waals surface area (Å²) in [6.45, 7) is 10.8. The predicted molar refractivity (Wildman–Crippen MR) is 110 cm³/mol. The van der Waals surface area contributed by atoms with E-state index in [4.69, 9.17) is 4.84 Å². The molecule has 0 aliphatic rings. The Balaban J connectivity index is 2.50. The molecule has 2 rings (SSSR count). The summed E-state index contributed by atoms with van der Waals surface area (Å²) in [5.41, 5.74) is -3.15. The third kappa shape index (κ3) is 6.41. The number of rotatable bonds is 6. The number of anilines is 1. The van der Waals surface area contributed by atoms with Gasteiger partial charge in [-0.3, -0.25) is 4.84 Å². The largest absolute Gasteiger partial charge is 0.436 e. The first-order chi connectivity index (χ1) is 14.4. The van der Waals surface area contributed by atoms with Gasteiger partial charge in [0.25, 0.3) is 10.0 Å². The maximum Gasteiger partial charge on any atom is 0.436 e. The summed E-state index contributed by atoms with van der Waals surface area (Å²) < 4.78 is 65.8. The number of hydrogen-bond donors (Lipinski definition) is 2. The number of halogens is 3. The zero-order valence-electron chi connectivity index (χ0n) is 18.5. The number of alkyl halides is 3. The lowest BCUT2D eigenvalue weighted by molar-refractivity contribution is -0.141. The number of pyridine rings is 1.